The molecule has 1 unspecified atom stereocenters. The average Bonchev–Trinajstić information content (AvgIpc) is 3.04. The lowest BCUT2D eigenvalue weighted by molar-refractivity contribution is -0.207. The topological polar surface area (TPSA) is 86.7 Å². The van der Waals surface area contributed by atoms with E-state index < -0.39 is 36.0 Å². The van der Waals surface area contributed by atoms with Crippen LogP contribution in [0.2, 0.25) is 0 Å². The van der Waals surface area contributed by atoms with Crippen molar-refractivity contribution in [3.05, 3.63) is 34.0 Å². The van der Waals surface area contributed by atoms with Gasteiger partial charge in [-0.1, -0.05) is 20.8 Å². The molecule has 0 aliphatic carbocycles. The fraction of sp³-hybridized carbons (Fsp3) is 0.421. The van der Waals surface area contributed by atoms with Crippen LogP contribution in [-0.2, 0) is 0 Å². The highest BCUT2D eigenvalue weighted by atomic mass is 127. The number of alkyl halides is 3. The number of rotatable bonds is 5. The number of anilines is 1. The Balaban J connectivity index is 1.96. The summed E-state index contributed by atoms with van der Waals surface area (Å²) in [5, 5.41) is 13.1. The zero-order valence-electron chi connectivity index (χ0n) is 16.3. The molecule has 0 saturated carbocycles. The number of pyridine rings is 1. The molecule has 0 spiro atoms. The SMILES string of the molecule is CC(C)(C)[C@@H](CC(O)C(F)(F)F)Nc1nc(-c2c[nH]c3ncc(F)cc23)ncc1I. The van der Waals surface area contributed by atoms with Crippen molar-refractivity contribution >= 4 is 39.4 Å². The van der Waals surface area contributed by atoms with E-state index in [0.717, 1.165) is 6.20 Å². The van der Waals surface area contributed by atoms with Crippen molar-refractivity contribution in [3.8, 4) is 11.4 Å². The number of H-pyrrole nitrogens is 1. The molecule has 3 aromatic heterocycles. The van der Waals surface area contributed by atoms with E-state index in [0.29, 0.717) is 26.0 Å². The van der Waals surface area contributed by atoms with E-state index in [1.807, 2.05) is 22.6 Å². The number of aromatic amines is 1. The standard InChI is InChI=1S/C19H20F4IN5O/c1-18(2,3)13(5-14(30)19(21,22)23)28-17-12(24)8-27-16(29-17)11-7-26-15-10(11)4-9(20)6-25-15/h4,6-8,13-14,30H,5H2,1-3H3,(H,25,26)(H,27,28,29)/t13-,14?/m1/s1. The monoisotopic (exact) mass is 537 g/mol. The third kappa shape index (κ3) is 4.99. The Morgan fingerprint density at radius 3 is 2.53 bits per heavy atom. The quantitative estimate of drug-likeness (QED) is 0.319. The molecule has 162 valence electrons. The van der Waals surface area contributed by atoms with Gasteiger partial charge >= 0.3 is 6.18 Å². The molecule has 0 bridgehead atoms. The van der Waals surface area contributed by atoms with Gasteiger partial charge < -0.3 is 15.4 Å². The van der Waals surface area contributed by atoms with Gasteiger partial charge in [0.2, 0.25) is 0 Å². The Bertz CT molecular complexity index is 1050. The van der Waals surface area contributed by atoms with Crippen molar-refractivity contribution in [2.75, 3.05) is 5.32 Å². The number of halogens is 5. The predicted molar refractivity (Wildman–Crippen MR) is 113 cm³/mol. The number of aromatic nitrogens is 4. The molecular formula is C19H20F4IN5O. The van der Waals surface area contributed by atoms with E-state index in [9.17, 15) is 22.7 Å². The third-order valence-corrected chi connectivity index (χ3v) is 5.47. The van der Waals surface area contributed by atoms with E-state index in [2.05, 4.69) is 25.3 Å². The van der Waals surface area contributed by atoms with Crippen molar-refractivity contribution in [1.29, 1.82) is 0 Å². The van der Waals surface area contributed by atoms with E-state index in [-0.39, 0.29) is 5.82 Å². The minimum absolute atomic E-state index is 0.264. The van der Waals surface area contributed by atoms with Crippen LogP contribution >= 0.6 is 22.6 Å². The van der Waals surface area contributed by atoms with Crippen LogP contribution in [0.3, 0.4) is 0 Å². The van der Waals surface area contributed by atoms with Gasteiger partial charge in [-0.2, -0.15) is 13.2 Å². The Labute approximate surface area is 183 Å². The maximum Gasteiger partial charge on any atom is 0.414 e. The van der Waals surface area contributed by atoms with Gasteiger partial charge in [0.15, 0.2) is 11.9 Å². The molecule has 3 aromatic rings. The van der Waals surface area contributed by atoms with Crippen LogP contribution in [-0.4, -0.2) is 43.4 Å². The lowest BCUT2D eigenvalue weighted by Gasteiger charge is -2.34. The van der Waals surface area contributed by atoms with E-state index in [4.69, 9.17) is 0 Å². The number of fused-ring (bicyclic) bond motifs is 1. The number of hydrogen-bond donors (Lipinski definition) is 3. The summed E-state index contributed by atoms with van der Waals surface area (Å²) in [7, 11) is 0. The van der Waals surface area contributed by atoms with Gasteiger partial charge in [-0.25, -0.2) is 19.3 Å². The first kappa shape index (κ1) is 22.7. The first-order chi connectivity index (χ1) is 13.9. The van der Waals surface area contributed by atoms with Gasteiger partial charge in [-0.05, 0) is 34.1 Å². The van der Waals surface area contributed by atoms with Gasteiger partial charge in [0, 0.05) is 35.8 Å². The van der Waals surface area contributed by atoms with Crippen molar-refractivity contribution in [2.45, 2.75) is 45.5 Å². The van der Waals surface area contributed by atoms with Gasteiger partial charge in [0.25, 0.3) is 0 Å². The number of aliphatic hydroxyl groups excluding tert-OH is 1. The normalized spacial score (nSPS) is 14.7. The summed E-state index contributed by atoms with van der Waals surface area (Å²) in [6.45, 7) is 5.32. The molecule has 0 fully saturated rings. The van der Waals surface area contributed by atoms with E-state index >= 15 is 0 Å². The zero-order chi connectivity index (χ0) is 22.3. The van der Waals surface area contributed by atoms with E-state index in [1.165, 1.54) is 12.3 Å². The number of nitrogens with one attached hydrogen (secondary N) is 2. The summed E-state index contributed by atoms with van der Waals surface area (Å²) in [5.74, 6) is 0.0790. The first-order valence-electron chi connectivity index (χ1n) is 9.03. The fourth-order valence-electron chi connectivity index (χ4n) is 2.91. The second-order valence-electron chi connectivity index (χ2n) is 8.00. The minimum atomic E-state index is -4.71. The van der Waals surface area contributed by atoms with Gasteiger partial charge in [-0.3, -0.25) is 0 Å². The molecule has 11 heteroatoms. The Morgan fingerprint density at radius 1 is 1.20 bits per heavy atom. The molecule has 0 aliphatic rings. The molecular weight excluding hydrogens is 517 g/mol. The lowest BCUT2D eigenvalue weighted by atomic mass is 9.83. The van der Waals surface area contributed by atoms with Crippen LogP contribution in [0.25, 0.3) is 22.4 Å². The highest BCUT2D eigenvalue weighted by Gasteiger charge is 2.41. The van der Waals surface area contributed by atoms with Crippen LogP contribution in [0.1, 0.15) is 27.2 Å². The second kappa shape index (κ2) is 8.25. The van der Waals surface area contributed by atoms with Crippen molar-refractivity contribution < 1.29 is 22.7 Å². The Morgan fingerprint density at radius 2 is 1.90 bits per heavy atom. The largest absolute Gasteiger partial charge is 0.414 e. The molecule has 3 rings (SSSR count). The molecule has 0 aromatic carbocycles. The van der Waals surface area contributed by atoms with Crippen molar-refractivity contribution in [3.63, 3.8) is 0 Å². The molecule has 3 N–H and O–H groups in total. The highest BCUT2D eigenvalue weighted by Crippen LogP contribution is 2.33. The zero-order valence-corrected chi connectivity index (χ0v) is 18.5. The molecule has 30 heavy (non-hydrogen) atoms. The van der Waals surface area contributed by atoms with Crippen LogP contribution in [0, 0.1) is 14.8 Å². The fourth-order valence-corrected chi connectivity index (χ4v) is 3.33. The summed E-state index contributed by atoms with van der Waals surface area (Å²) in [5.41, 5.74) is 0.372. The molecule has 3 heterocycles. The Kier molecular flexibility index (Phi) is 6.23. The summed E-state index contributed by atoms with van der Waals surface area (Å²) >= 11 is 1.98. The maximum absolute atomic E-state index is 13.6. The van der Waals surface area contributed by atoms with Crippen LogP contribution in [0.4, 0.5) is 23.4 Å². The number of hydrogen-bond acceptors (Lipinski definition) is 5. The molecule has 0 amide bonds. The molecule has 0 radical (unpaired) electrons. The highest BCUT2D eigenvalue weighted by molar-refractivity contribution is 14.1. The molecule has 0 saturated heterocycles. The molecule has 6 nitrogen and oxygen atoms in total. The molecule has 0 aliphatic heterocycles. The average molecular weight is 537 g/mol. The third-order valence-electron chi connectivity index (χ3n) is 4.68. The summed E-state index contributed by atoms with van der Waals surface area (Å²) < 4.78 is 52.9. The maximum atomic E-state index is 13.6. The second-order valence-corrected chi connectivity index (χ2v) is 9.16. The van der Waals surface area contributed by atoms with Crippen LogP contribution in [0.15, 0.2) is 24.7 Å². The summed E-state index contributed by atoms with van der Waals surface area (Å²) in [4.78, 5) is 15.6. The van der Waals surface area contributed by atoms with Gasteiger partial charge in [0.1, 0.15) is 17.3 Å². The van der Waals surface area contributed by atoms with Crippen molar-refractivity contribution in [1.82, 2.24) is 19.9 Å². The molecule has 2 atom stereocenters. The first-order valence-corrected chi connectivity index (χ1v) is 10.1. The van der Waals surface area contributed by atoms with Crippen LogP contribution in [0.5, 0.6) is 0 Å². The lowest BCUT2D eigenvalue weighted by Crippen LogP contribution is -2.42. The van der Waals surface area contributed by atoms with E-state index in [1.54, 1.807) is 27.0 Å². The van der Waals surface area contributed by atoms with Gasteiger partial charge in [0.05, 0.1) is 9.77 Å². The number of nitrogens with zero attached hydrogens (tertiary/aromatic N) is 3. The van der Waals surface area contributed by atoms with Crippen molar-refractivity contribution in [2.24, 2.45) is 5.41 Å². The van der Waals surface area contributed by atoms with Gasteiger partial charge in [-0.15, -0.1) is 0 Å². The minimum Gasteiger partial charge on any atom is -0.384 e. The smallest absolute Gasteiger partial charge is 0.384 e. The summed E-state index contributed by atoms with van der Waals surface area (Å²) in [6, 6.07) is 0.577. The number of aliphatic hydroxyl groups is 1. The predicted octanol–water partition coefficient (Wildman–Crippen LogP) is 4.90. The summed E-state index contributed by atoms with van der Waals surface area (Å²) in [6.07, 6.45) is -3.50. The Hall–Kier alpha value is -2.02. The van der Waals surface area contributed by atoms with Crippen LogP contribution < -0.4 is 5.32 Å².